The number of amides is 1. The third kappa shape index (κ3) is 4.31. The van der Waals surface area contributed by atoms with Crippen LogP contribution >= 0.6 is 0 Å². The maximum Gasteiger partial charge on any atom is 0.224 e. The molecule has 1 fully saturated rings. The van der Waals surface area contributed by atoms with Gasteiger partial charge in [0.1, 0.15) is 17.5 Å². The molecular formula is C15H25N5O. The van der Waals surface area contributed by atoms with Crippen LogP contribution < -0.4 is 16.4 Å². The Bertz CT molecular complexity index is 511. The van der Waals surface area contributed by atoms with Crippen molar-refractivity contribution in [3.05, 3.63) is 11.9 Å². The van der Waals surface area contributed by atoms with Gasteiger partial charge in [0.05, 0.1) is 5.41 Å². The van der Waals surface area contributed by atoms with Crippen LogP contribution in [0.4, 0.5) is 11.6 Å². The maximum absolute atomic E-state index is 11.4. The van der Waals surface area contributed by atoms with Crippen LogP contribution in [0.15, 0.2) is 6.07 Å². The van der Waals surface area contributed by atoms with Gasteiger partial charge in [0.15, 0.2) is 0 Å². The van der Waals surface area contributed by atoms with Gasteiger partial charge in [0.25, 0.3) is 0 Å². The Hall–Kier alpha value is -1.85. The van der Waals surface area contributed by atoms with Crippen molar-refractivity contribution in [3.63, 3.8) is 0 Å². The number of primary amides is 1. The van der Waals surface area contributed by atoms with Crippen molar-refractivity contribution in [1.29, 1.82) is 0 Å². The Morgan fingerprint density at radius 3 is 2.48 bits per heavy atom. The molecule has 21 heavy (non-hydrogen) atoms. The zero-order valence-corrected chi connectivity index (χ0v) is 13.1. The molecule has 0 radical (unpaired) electrons. The number of nitrogens with zero attached hydrogens (tertiary/aromatic N) is 2. The summed E-state index contributed by atoms with van der Waals surface area (Å²) in [6, 6.07) is 1.89. The number of anilines is 2. The smallest absolute Gasteiger partial charge is 0.224 e. The molecule has 0 aliphatic heterocycles. The topological polar surface area (TPSA) is 92.9 Å². The van der Waals surface area contributed by atoms with E-state index in [-0.39, 0.29) is 5.91 Å². The second kappa shape index (κ2) is 6.28. The van der Waals surface area contributed by atoms with Crippen molar-refractivity contribution in [2.45, 2.75) is 46.0 Å². The molecule has 1 aliphatic carbocycles. The minimum Gasteiger partial charge on any atom is -0.370 e. The van der Waals surface area contributed by atoms with Gasteiger partial charge < -0.3 is 16.4 Å². The summed E-state index contributed by atoms with van der Waals surface area (Å²) in [6.07, 6.45) is 3.35. The zero-order valence-electron chi connectivity index (χ0n) is 13.1. The fourth-order valence-electron chi connectivity index (χ4n) is 1.82. The summed E-state index contributed by atoms with van der Waals surface area (Å²) in [4.78, 5) is 20.5. The van der Waals surface area contributed by atoms with Crippen molar-refractivity contribution >= 4 is 17.5 Å². The highest BCUT2D eigenvalue weighted by Gasteiger charge is 2.28. The molecule has 0 saturated heterocycles. The number of carbonyl (C=O) groups is 1. The van der Waals surface area contributed by atoms with Gasteiger partial charge in [-0.15, -0.1) is 0 Å². The van der Waals surface area contributed by atoms with Crippen LogP contribution in [0.25, 0.3) is 0 Å². The number of nitrogens with two attached hydrogens (primary N) is 1. The molecule has 0 spiro atoms. The molecule has 0 unspecified atom stereocenters. The Balaban J connectivity index is 2.10. The molecule has 1 aliphatic rings. The third-order valence-corrected chi connectivity index (χ3v) is 3.62. The van der Waals surface area contributed by atoms with E-state index in [1.807, 2.05) is 19.9 Å². The average Bonchev–Trinajstić information content (AvgIpc) is 3.27. The Kier molecular flexibility index (Phi) is 4.65. The first-order valence-electron chi connectivity index (χ1n) is 7.59. The second-order valence-corrected chi connectivity index (χ2v) is 6.30. The van der Waals surface area contributed by atoms with Crippen molar-refractivity contribution in [1.82, 2.24) is 9.97 Å². The van der Waals surface area contributed by atoms with Crippen LogP contribution in [0.1, 0.15) is 51.8 Å². The normalized spacial score (nSPS) is 14.8. The van der Waals surface area contributed by atoms with Crippen LogP contribution in [0.3, 0.4) is 0 Å². The minimum absolute atomic E-state index is 0.323. The molecule has 1 aromatic rings. The van der Waals surface area contributed by atoms with Gasteiger partial charge in [-0.05, 0) is 33.1 Å². The van der Waals surface area contributed by atoms with E-state index < -0.39 is 5.41 Å². The second-order valence-electron chi connectivity index (χ2n) is 6.30. The lowest BCUT2D eigenvalue weighted by Crippen LogP contribution is -2.37. The molecule has 1 aromatic heterocycles. The largest absolute Gasteiger partial charge is 0.370 e. The minimum atomic E-state index is -0.609. The summed E-state index contributed by atoms with van der Waals surface area (Å²) >= 11 is 0. The molecule has 4 N–H and O–H groups in total. The van der Waals surface area contributed by atoms with Crippen LogP contribution in [-0.2, 0) is 4.79 Å². The van der Waals surface area contributed by atoms with Gasteiger partial charge in [0, 0.05) is 25.1 Å². The lowest BCUT2D eigenvalue weighted by atomic mass is 9.93. The fourth-order valence-corrected chi connectivity index (χ4v) is 1.82. The number of hydrogen-bond acceptors (Lipinski definition) is 5. The van der Waals surface area contributed by atoms with Gasteiger partial charge in [0.2, 0.25) is 5.91 Å². The number of aromatic nitrogens is 2. The summed E-state index contributed by atoms with van der Waals surface area (Å²) in [5.74, 6) is 2.64. The lowest BCUT2D eigenvalue weighted by Gasteiger charge is -2.21. The lowest BCUT2D eigenvalue weighted by molar-refractivity contribution is -0.125. The van der Waals surface area contributed by atoms with Gasteiger partial charge in [-0.2, -0.15) is 0 Å². The summed E-state index contributed by atoms with van der Waals surface area (Å²) in [5.41, 5.74) is 4.78. The van der Waals surface area contributed by atoms with Gasteiger partial charge >= 0.3 is 0 Å². The fraction of sp³-hybridized carbons (Fsp3) is 0.667. The highest BCUT2D eigenvalue weighted by Crippen LogP contribution is 2.38. The Labute approximate surface area is 125 Å². The van der Waals surface area contributed by atoms with E-state index in [1.54, 1.807) is 0 Å². The first kappa shape index (κ1) is 15.5. The van der Waals surface area contributed by atoms with Gasteiger partial charge in [-0.1, -0.05) is 6.92 Å². The number of rotatable bonds is 8. The molecular weight excluding hydrogens is 266 g/mol. The molecule has 6 heteroatoms. The molecule has 116 valence electrons. The van der Waals surface area contributed by atoms with Crippen molar-refractivity contribution in [2.24, 2.45) is 11.1 Å². The Morgan fingerprint density at radius 2 is 1.95 bits per heavy atom. The highest BCUT2D eigenvalue weighted by atomic mass is 16.1. The van der Waals surface area contributed by atoms with E-state index >= 15 is 0 Å². The maximum atomic E-state index is 11.4. The molecule has 0 atom stereocenters. The monoisotopic (exact) mass is 291 g/mol. The molecule has 0 aromatic carbocycles. The highest BCUT2D eigenvalue weighted by molar-refractivity contribution is 5.80. The summed E-state index contributed by atoms with van der Waals surface area (Å²) in [7, 11) is 0. The number of hydrogen-bond donors (Lipinski definition) is 3. The molecule has 1 amide bonds. The standard InChI is InChI=1S/C15H25N5O/c1-4-7-17-11-8-12(18-9-15(2,3)14(16)21)20-13(19-11)10-5-6-10/h8,10H,4-7,9H2,1-3H3,(H2,16,21)(H2,17,18,19,20). The summed E-state index contributed by atoms with van der Waals surface area (Å²) < 4.78 is 0. The van der Waals surface area contributed by atoms with Crippen molar-refractivity contribution in [2.75, 3.05) is 23.7 Å². The zero-order chi connectivity index (χ0) is 15.5. The predicted molar refractivity (Wildman–Crippen MR) is 84.3 cm³/mol. The molecule has 1 heterocycles. The Morgan fingerprint density at radius 1 is 1.33 bits per heavy atom. The van der Waals surface area contributed by atoms with E-state index in [4.69, 9.17) is 5.73 Å². The summed E-state index contributed by atoms with van der Waals surface area (Å²) in [6.45, 7) is 7.09. The number of nitrogens with one attached hydrogen (secondary N) is 2. The molecule has 0 bridgehead atoms. The first-order valence-corrected chi connectivity index (χ1v) is 7.59. The summed E-state index contributed by atoms with van der Waals surface area (Å²) in [5, 5.41) is 6.51. The van der Waals surface area contributed by atoms with Crippen molar-refractivity contribution < 1.29 is 4.79 Å². The quantitative estimate of drug-likeness (QED) is 0.682. The molecule has 2 rings (SSSR count). The predicted octanol–water partition coefficient (Wildman–Crippen LogP) is 2.10. The van der Waals surface area contributed by atoms with Crippen LogP contribution in [0.2, 0.25) is 0 Å². The van der Waals surface area contributed by atoms with E-state index in [0.29, 0.717) is 12.5 Å². The van der Waals surface area contributed by atoms with Gasteiger partial charge in [-0.3, -0.25) is 4.79 Å². The van der Waals surface area contributed by atoms with E-state index in [0.717, 1.165) is 43.3 Å². The van der Waals surface area contributed by atoms with E-state index in [2.05, 4.69) is 27.5 Å². The number of carbonyl (C=O) groups excluding carboxylic acids is 1. The van der Waals surface area contributed by atoms with E-state index in [1.165, 1.54) is 0 Å². The third-order valence-electron chi connectivity index (χ3n) is 3.62. The molecule has 1 saturated carbocycles. The SMILES string of the molecule is CCCNc1cc(NCC(C)(C)C(N)=O)nc(C2CC2)n1. The average molecular weight is 291 g/mol. The van der Waals surface area contributed by atoms with Crippen LogP contribution in [-0.4, -0.2) is 29.0 Å². The van der Waals surface area contributed by atoms with Crippen LogP contribution in [0, 0.1) is 5.41 Å². The van der Waals surface area contributed by atoms with Gasteiger partial charge in [-0.25, -0.2) is 9.97 Å². The molecule has 6 nitrogen and oxygen atoms in total. The van der Waals surface area contributed by atoms with Crippen molar-refractivity contribution in [3.8, 4) is 0 Å². The van der Waals surface area contributed by atoms with Crippen LogP contribution in [0.5, 0.6) is 0 Å². The first-order chi connectivity index (χ1) is 9.92. The van der Waals surface area contributed by atoms with E-state index in [9.17, 15) is 4.79 Å².